The van der Waals surface area contributed by atoms with Gasteiger partial charge in [-0.1, -0.05) is 29.8 Å². The first-order chi connectivity index (χ1) is 17.4. The molecule has 1 N–H and O–H groups in total. The van der Waals surface area contributed by atoms with E-state index in [1.165, 1.54) is 30.5 Å². The Morgan fingerprint density at radius 1 is 1.11 bits per heavy atom. The molecule has 1 amide bonds. The fraction of sp³-hybridized carbons (Fsp3) is 0.444. The quantitative estimate of drug-likeness (QED) is 0.301. The van der Waals surface area contributed by atoms with Crippen LogP contribution >= 0.6 is 11.6 Å². The smallest absolute Gasteiger partial charge is 0.303 e. The van der Waals surface area contributed by atoms with E-state index < -0.39 is 11.8 Å². The van der Waals surface area contributed by atoms with Crippen molar-refractivity contribution in [1.29, 1.82) is 0 Å². The third-order valence-electron chi connectivity index (χ3n) is 6.93. The van der Waals surface area contributed by atoms with Gasteiger partial charge in [-0.25, -0.2) is 4.39 Å². The molecule has 2 heterocycles. The third-order valence-corrected chi connectivity index (χ3v) is 7.24. The highest BCUT2D eigenvalue weighted by atomic mass is 35.5. The van der Waals surface area contributed by atoms with E-state index in [9.17, 15) is 14.0 Å². The Morgan fingerprint density at radius 3 is 2.50 bits per heavy atom. The molecule has 0 spiro atoms. The number of methoxy groups -OCH3 is 1. The molecule has 0 bridgehead atoms. The minimum Gasteiger partial charge on any atom is -0.484 e. The van der Waals surface area contributed by atoms with E-state index in [2.05, 4.69) is 34.2 Å². The fourth-order valence-corrected chi connectivity index (χ4v) is 5.33. The number of halogens is 2. The van der Waals surface area contributed by atoms with Crippen molar-refractivity contribution in [2.24, 2.45) is 16.8 Å². The lowest BCUT2D eigenvalue weighted by molar-refractivity contribution is -0.136. The Kier molecular flexibility index (Phi) is 8.46. The highest BCUT2D eigenvalue weighted by Crippen LogP contribution is 2.35. The summed E-state index contributed by atoms with van der Waals surface area (Å²) < 4.78 is 19.4. The number of aliphatic carboxylic acids is 1. The number of anilines is 1. The predicted octanol–water partition coefficient (Wildman–Crippen LogP) is 4.53. The molecule has 4 rings (SSSR count). The van der Waals surface area contributed by atoms with Crippen molar-refractivity contribution >= 4 is 35.1 Å². The van der Waals surface area contributed by atoms with Gasteiger partial charge in [-0.3, -0.25) is 14.6 Å². The van der Waals surface area contributed by atoms with Crippen molar-refractivity contribution in [2.45, 2.75) is 25.7 Å². The summed E-state index contributed by atoms with van der Waals surface area (Å²) >= 11 is 6.10. The molecule has 2 aromatic carbocycles. The number of nitrogens with zero attached hydrogens (tertiary/aromatic N) is 3. The zero-order chi connectivity index (χ0) is 25.7. The Labute approximate surface area is 215 Å². The summed E-state index contributed by atoms with van der Waals surface area (Å²) in [5, 5.41) is 8.95. The van der Waals surface area contributed by atoms with Gasteiger partial charge in [0, 0.05) is 56.7 Å². The summed E-state index contributed by atoms with van der Waals surface area (Å²) in [6.07, 6.45) is 2.01. The van der Waals surface area contributed by atoms with Crippen LogP contribution < -0.4 is 4.90 Å². The number of likely N-dealkylation sites (tertiary alicyclic amines) is 1. The van der Waals surface area contributed by atoms with Gasteiger partial charge >= 0.3 is 5.97 Å². The van der Waals surface area contributed by atoms with Gasteiger partial charge in [0.05, 0.1) is 24.1 Å². The Balaban J connectivity index is 1.29. The molecule has 2 saturated heterocycles. The van der Waals surface area contributed by atoms with Gasteiger partial charge in [-0.15, -0.1) is 0 Å². The Hall–Kier alpha value is -3.13. The number of hydrogen-bond donors (Lipinski definition) is 1. The molecule has 0 aliphatic carbocycles. The lowest BCUT2D eigenvalue weighted by Gasteiger charge is -2.24. The lowest BCUT2D eigenvalue weighted by atomic mass is 10.0. The van der Waals surface area contributed by atoms with Crippen LogP contribution in [0, 0.1) is 17.7 Å². The van der Waals surface area contributed by atoms with Crippen molar-refractivity contribution in [3.8, 4) is 0 Å². The second-order valence-corrected chi connectivity index (χ2v) is 9.79. The highest BCUT2D eigenvalue weighted by Gasteiger charge is 2.42. The maximum Gasteiger partial charge on any atom is 0.303 e. The molecule has 9 heteroatoms. The monoisotopic (exact) mass is 515 g/mol. The third kappa shape index (κ3) is 6.16. The number of aryl methyl sites for hydroxylation is 1. The number of ether oxygens (including phenoxy) is 1. The first-order valence-electron chi connectivity index (χ1n) is 12.2. The van der Waals surface area contributed by atoms with Gasteiger partial charge in [0.2, 0.25) is 0 Å². The van der Waals surface area contributed by atoms with Gasteiger partial charge in [0.1, 0.15) is 5.82 Å². The topological polar surface area (TPSA) is 82.4 Å². The first kappa shape index (κ1) is 25.9. The molecule has 0 aromatic heterocycles. The summed E-state index contributed by atoms with van der Waals surface area (Å²) in [5.41, 5.74) is 2.35. The number of fused-ring (bicyclic) bond motifs is 1. The molecule has 2 aliphatic rings. The number of benzene rings is 2. The average Bonchev–Trinajstić information content (AvgIpc) is 3.43. The minimum absolute atomic E-state index is 0.00928. The molecule has 2 aliphatic heterocycles. The number of carboxylic acid groups (broad SMARTS) is 1. The van der Waals surface area contributed by atoms with E-state index in [0.29, 0.717) is 43.8 Å². The van der Waals surface area contributed by atoms with Crippen LogP contribution in [0.5, 0.6) is 0 Å². The van der Waals surface area contributed by atoms with Gasteiger partial charge < -0.3 is 19.6 Å². The van der Waals surface area contributed by atoms with Crippen molar-refractivity contribution in [3.05, 3.63) is 64.4 Å². The maximum atomic E-state index is 14.2. The predicted molar refractivity (Wildman–Crippen MR) is 137 cm³/mol. The highest BCUT2D eigenvalue weighted by molar-refractivity contribution is 6.33. The SMILES string of the molecule is COC(CCC(=O)O)=NCCCc1cccc(N2CC3CN(C(=O)c4c(F)cccc4Cl)CC3C2)c1. The molecule has 2 unspecified atom stereocenters. The molecular weight excluding hydrogens is 485 g/mol. The van der Waals surface area contributed by atoms with Crippen molar-refractivity contribution in [1.82, 2.24) is 4.90 Å². The summed E-state index contributed by atoms with van der Waals surface area (Å²) in [5.74, 6) is -0.613. The van der Waals surface area contributed by atoms with E-state index >= 15 is 0 Å². The van der Waals surface area contributed by atoms with E-state index in [1.54, 1.807) is 11.0 Å². The van der Waals surface area contributed by atoms with Crippen LogP contribution in [0.2, 0.25) is 5.02 Å². The standard InChI is InChI=1S/C27H31ClFN3O4/c1-36-24(10-11-25(33)34)30-12-4-6-18-5-2-7-21(13-18)31-14-19-16-32(17-20(19)15-31)27(35)26-22(28)8-3-9-23(26)29/h2-3,5,7-9,13,19-20H,4,6,10-12,14-17H2,1H3,(H,33,34). The summed E-state index contributed by atoms with van der Waals surface area (Å²) in [4.78, 5) is 32.1. The second kappa shape index (κ2) is 11.7. The summed E-state index contributed by atoms with van der Waals surface area (Å²) in [7, 11) is 1.51. The van der Waals surface area contributed by atoms with Gasteiger partial charge in [-0.05, 0) is 42.7 Å². The fourth-order valence-electron chi connectivity index (χ4n) is 5.09. The van der Waals surface area contributed by atoms with Gasteiger partial charge in [0.25, 0.3) is 5.91 Å². The maximum absolute atomic E-state index is 14.2. The van der Waals surface area contributed by atoms with Crippen LogP contribution in [-0.4, -0.2) is 67.6 Å². The average molecular weight is 516 g/mol. The van der Waals surface area contributed by atoms with Crippen LogP contribution in [0.4, 0.5) is 10.1 Å². The summed E-state index contributed by atoms with van der Waals surface area (Å²) in [6, 6.07) is 12.8. The summed E-state index contributed by atoms with van der Waals surface area (Å²) in [6.45, 7) is 3.50. The number of rotatable bonds is 9. The van der Waals surface area contributed by atoms with Crippen LogP contribution in [0.1, 0.15) is 35.2 Å². The number of carboxylic acids is 1. The van der Waals surface area contributed by atoms with Gasteiger partial charge in [0.15, 0.2) is 5.90 Å². The molecule has 36 heavy (non-hydrogen) atoms. The number of hydrogen-bond acceptors (Lipinski definition) is 5. The Bertz CT molecular complexity index is 1110. The van der Waals surface area contributed by atoms with E-state index in [0.717, 1.165) is 25.9 Å². The van der Waals surface area contributed by atoms with Crippen molar-refractivity contribution in [3.63, 3.8) is 0 Å². The minimum atomic E-state index is -0.864. The molecule has 192 valence electrons. The molecule has 2 aromatic rings. The number of aliphatic imine (C=N–C) groups is 1. The molecule has 2 atom stereocenters. The first-order valence-corrected chi connectivity index (χ1v) is 12.6. The molecule has 0 radical (unpaired) electrons. The molecule has 7 nitrogen and oxygen atoms in total. The normalized spacial score (nSPS) is 19.5. The van der Waals surface area contributed by atoms with Crippen LogP contribution in [0.3, 0.4) is 0 Å². The molecule has 0 saturated carbocycles. The zero-order valence-electron chi connectivity index (χ0n) is 20.3. The van der Waals surface area contributed by atoms with Gasteiger partial charge in [-0.2, -0.15) is 0 Å². The largest absolute Gasteiger partial charge is 0.484 e. The van der Waals surface area contributed by atoms with E-state index in [-0.39, 0.29) is 22.9 Å². The second-order valence-electron chi connectivity index (χ2n) is 9.38. The van der Waals surface area contributed by atoms with E-state index in [4.69, 9.17) is 21.4 Å². The van der Waals surface area contributed by atoms with E-state index in [1.807, 2.05) is 0 Å². The van der Waals surface area contributed by atoms with Crippen molar-refractivity contribution in [2.75, 3.05) is 44.7 Å². The Morgan fingerprint density at radius 2 is 1.83 bits per heavy atom. The van der Waals surface area contributed by atoms with Crippen molar-refractivity contribution < 1.29 is 23.8 Å². The van der Waals surface area contributed by atoms with Crippen LogP contribution in [0.15, 0.2) is 47.5 Å². The number of carbonyl (C=O) groups excluding carboxylic acids is 1. The number of amides is 1. The zero-order valence-corrected chi connectivity index (χ0v) is 21.1. The molecule has 2 fully saturated rings. The van der Waals surface area contributed by atoms with Crippen LogP contribution in [-0.2, 0) is 16.0 Å². The van der Waals surface area contributed by atoms with Crippen LogP contribution in [0.25, 0.3) is 0 Å². The number of carbonyl (C=O) groups is 2. The lowest BCUT2D eigenvalue weighted by Crippen LogP contribution is -2.34. The molecular formula is C27H31ClFN3O4.